The van der Waals surface area contributed by atoms with Crippen LogP contribution in [-0.2, 0) is 17.9 Å². The molecule has 0 radical (unpaired) electrons. The summed E-state index contributed by atoms with van der Waals surface area (Å²) in [5.74, 6) is -0.0790. The number of halogens is 1. The van der Waals surface area contributed by atoms with E-state index in [0.717, 1.165) is 11.8 Å². The Morgan fingerprint density at radius 2 is 2.06 bits per heavy atom. The summed E-state index contributed by atoms with van der Waals surface area (Å²) in [5, 5.41) is 22.4. The van der Waals surface area contributed by atoms with Crippen LogP contribution < -0.4 is 14.8 Å². The highest BCUT2D eigenvalue weighted by atomic mass is 32.2. The third-order valence-corrected chi connectivity index (χ3v) is 5.28. The van der Waals surface area contributed by atoms with Crippen LogP contribution in [0.2, 0.25) is 0 Å². The highest BCUT2D eigenvalue weighted by Crippen LogP contribution is 2.29. The van der Waals surface area contributed by atoms with Gasteiger partial charge in [-0.05, 0) is 31.2 Å². The first-order valence-electron chi connectivity index (χ1n) is 9.47. The lowest BCUT2D eigenvalue weighted by Crippen LogP contribution is -2.16. The molecule has 1 aromatic heterocycles. The number of methoxy groups -OCH3 is 1. The Labute approximate surface area is 186 Å². The van der Waals surface area contributed by atoms with Crippen molar-refractivity contribution in [1.82, 2.24) is 14.8 Å². The van der Waals surface area contributed by atoms with Crippen molar-refractivity contribution in [3.05, 3.63) is 64.2 Å². The van der Waals surface area contributed by atoms with E-state index in [2.05, 4.69) is 15.5 Å². The Hall–Kier alpha value is -3.67. The Bertz CT molecular complexity index is 1120. The summed E-state index contributed by atoms with van der Waals surface area (Å²) >= 11 is 1.12. The minimum Gasteiger partial charge on any atom is -0.496 e. The molecule has 2 aromatic carbocycles. The number of thioether (sulfide) groups is 1. The minimum atomic E-state index is -0.596. The second-order valence-corrected chi connectivity index (χ2v) is 7.28. The SMILES string of the molecule is CCn1c(COc2ccccc2F)nnc1SCC(=O)Nc1ccc(OC)cc1[N+](=O)[O-]. The van der Waals surface area contributed by atoms with E-state index in [0.29, 0.717) is 23.3 Å². The van der Waals surface area contributed by atoms with Gasteiger partial charge in [-0.2, -0.15) is 0 Å². The third kappa shape index (κ3) is 5.52. The van der Waals surface area contributed by atoms with Gasteiger partial charge in [0.1, 0.15) is 18.0 Å². The highest BCUT2D eigenvalue weighted by Gasteiger charge is 2.19. The topological polar surface area (TPSA) is 121 Å². The first-order chi connectivity index (χ1) is 15.4. The van der Waals surface area contributed by atoms with Crippen molar-refractivity contribution in [2.75, 3.05) is 18.2 Å². The number of aromatic nitrogens is 3. The van der Waals surface area contributed by atoms with E-state index in [9.17, 15) is 19.3 Å². The molecule has 10 nitrogen and oxygen atoms in total. The van der Waals surface area contributed by atoms with Gasteiger partial charge >= 0.3 is 0 Å². The number of nitrogens with one attached hydrogen (secondary N) is 1. The number of anilines is 1. The summed E-state index contributed by atoms with van der Waals surface area (Å²) in [6.45, 7) is 2.39. The van der Waals surface area contributed by atoms with Gasteiger partial charge in [0.2, 0.25) is 5.91 Å². The molecule has 0 unspecified atom stereocenters. The molecule has 0 bridgehead atoms. The smallest absolute Gasteiger partial charge is 0.296 e. The molecule has 0 aliphatic heterocycles. The zero-order valence-electron chi connectivity index (χ0n) is 17.3. The van der Waals surface area contributed by atoms with E-state index in [1.165, 1.54) is 37.4 Å². The van der Waals surface area contributed by atoms with Gasteiger partial charge in [-0.25, -0.2) is 4.39 Å². The average molecular weight is 461 g/mol. The second kappa shape index (κ2) is 10.6. The van der Waals surface area contributed by atoms with Gasteiger partial charge in [0, 0.05) is 6.54 Å². The number of nitro groups is 1. The number of nitro benzene ring substituents is 1. The number of rotatable bonds is 10. The number of para-hydroxylation sites is 1. The molecule has 32 heavy (non-hydrogen) atoms. The maximum Gasteiger partial charge on any atom is 0.296 e. The van der Waals surface area contributed by atoms with Crippen LogP contribution in [0.5, 0.6) is 11.5 Å². The number of hydrogen-bond donors (Lipinski definition) is 1. The van der Waals surface area contributed by atoms with Crippen molar-refractivity contribution in [3.8, 4) is 11.5 Å². The van der Waals surface area contributed by atoms with Crippen LogP contribution in [0.25, 0.3) is 0 Å². The van der Waals surface area contributed by atoms with E-state index >= 15 is 0 Å². The highest BCUT2D eigenvalue weighted by molar-refractivity contribution is 7.99. The number of amides is 1. The summed E-state index contributed by atoms with van der Waals surface area (Å²) in [6.07, 6.45) is 0. The third-order valence-electron chi connectivity index (χ3n) is 4.31. The fourth-order valence-electron chi connectivity index (χ4n) is 2.77. The van der Waals surface area contributed by atoms with Gasteiger partial charge in [-0.15, -0.1) is 10.2 Å². The monoisotopic (exact) mass is 461 g/mol. The van der Waals surface area contributed by atoms with Crippen molar-refractivity contribution < 1.29 is 23.6 Å². The zero-order valence-corrected chi connectivity index (χ0v) is 18.1. The van der Waals surface area contributed by atoms with Gasteiger partial charge in [0.15, 0.2) is 22.5 Å². The number of ether oxygens (including phenoxy) is 2. The van der Waals surface area contributed by atoms with Crippen LogP contribution >= 0.6 is 11.8 Å². The molecule has 1 amide bonds. The van der Waals surface area contributed by atoms with Gasteiger partial charge in [0.05, 0.1) is 23.9 Å². The summed E-state index contributed by atoms with van der Waals surface area (Å²) in [4.78, 5) is 23.0. The number of carbonyl (C=O) groups is 1. The molecule has 0 saturated heterocycles. The van der Waals surface area contributed by atoms with Gasteiger partial charge in [-0.3, -0.25) is 14.9 Å². The molecule has 0 aliphatic rings. The summed E-state index contributed by atoms with van der Waals surface area (Å²) in [7, 11) is 1.40. The molecule has 12 heteroatoms. The maximum atomic E-state index is 13.7. The van der Waals surface area contributed by atoms with Gasteiger partial charge < -0.3 is 19.4 Å². The van der Waals surface area contributed by atoms with Crippen LogP contribution in [0.3, 0.4) is 0 Å². The number of benzene rings is 2. The zero-order chi connectivity index (χ0) is 23.1. The van der Waals surface area contributed by atoms with Crippen molar-refractivity contribution in [2.45, 2.75) is 25.2 Å². The van der Waals surface area contributed by atoms with Crippen molar-refractivity contribution in [2.24, 2.45) is 0 Å². The molecular formula is C20H20FN5O5S. The Morgan fingerprint density at radius 3 is 2.75 bits per heavy atom. The average Bonchev–Trinajstić information content (AvgIpc) is 3.19. The van der Waals surface area contributed by atoms with Crippen LogP contribution in [0.4, 0.5) is 15.8 Å². The quantitative estimate of drug-likeness (QED) is 0.276. The Kier molecular flexibility index (Phi) is 7.60. The molecule has 0 atom stereocenters. The lowest BCUT2D eigenvalue weighted by molar-refractivity contribution is -0.384. The minimum absolute atomic E-state index is 0.00652. The van der Waals surface area contributed by atoms with E-state index in [1.807, 2.05) is 6.92 Å². The predicted molar refractivity (Wildman–Crippen MR) is 115 cm³/mol. The molecule has 1 heterocycles. The van der Waals surface area contributed by atoms with Crippen molar-refractivity contribution in [3.63, 3.8) is 0 Å². The maximum absolute atomic E-state index is 13.7. The number of carbonyl (C=O) groups excluding carboxylic acids is 1. The van der Waals surface area contributed by atoms with E-state index < -0.39 is 16.6 Å². The van der Waals surface area contributed by atoms with E-state index in [4.69, 9.17) is 9.47 Å². The lowest BCUT2D eigenvalue weighted by Gasteiger charge is -2.10. The van der Waals surface area contributed by atoms with E-state index in [-0.39, 0.29) is 29.5 Å². The largest absolute Gasteiger partial charge is 0.496 e. The summed E-state index contributed by atoms with van der Waals surface area (Å²) in [6, 6.07) is 10.2. The van der Waals surface area contributed by atoms with Gasteiger partial charge in [0.25, 0.3) is 5.69 Å². The molecule has 0 fully saturated rings. The van der Waals surface area contributed by atoms with Crippen LogP contribution in [0.1, 0.15) is 12.7 Å². The first-order valence-corrected chi connectivity index (χ1v) is 10.5. The standard InChI is InChI=1S/C20H20FN5O5S/c1-3-25-18(11-31-17-7-5-4-6-14(17)21)23-24-20(25)32-12-19(27)22-15-9-8-13(30-2)10-16(15)26(28)29/h4-10H,3,11-12H2,1-2H3,(H,22,27). The molecule has 3 rings (SSSR count). The van der Waals surface area contributed by atoms with Crippen LogP contribution in [0.15, 0.2) is 47.6 Å². The van der Waals surface area contributed by atoms with Crippen molar-refractivity contribution in [1.29, 1.82) is 0 Å². The fourth-order valence-corrected chi connectivity index (χ4v) is 3.59. The van der Waals surface area contributed by atoms with Crippen LogP contribution in [-0.4, -0.2) is 38.5 Å². The Morgan fingerprint density at radius 1 is 1.28 bits per heavy atom. The predicted octanol–water partition coefficient (Wildman–Crippen LogP) is 3.66. The van der Waals surface area contributed by atoms with E-state index in [1.54, 1.807) is 16.7 Å². The lowest BCUT2D eigenvalue weighted by atomic mass is 10.2. The fraction of sp³-hybridized carbons (Fsp3) is 0.250. The molecule has 1 N–H and O–H groups in total. The number of hydrogen-bond acceptors (Lipinski definition) is 8. The first kappa shape index (κ1) is 23.0. The normalized spacial score (nSPS) is 10.6. The Balaban J connectivity index is 1.63. The number of nitrogens with zero attached hydrogens (tertiary/aromatic N) is 4. The van der Waals surface area contributed by atoms with Crippen molar-refractivity contribution >= 4 is 29.0 Å². The summed E-state index contributed by atoms with van der Waals surface area (Å²) in [5.41, 5.74) is -0.204. The molecule has 3 aromatic rings. The molecule has 0 aliphatic carbocycles. The second-order valence-electron chi connectivity index (χ2n) is 6.34. The molecular weight excluding hydrogens is 441 g/mol. The van der Waals surface area contributed by atoms with Gasteiger partial charge in [-0.1, -0.05) is 23.9 Å². The van der Waals surface area contributed by atoms with Crippen LogP contribution in [0, 0.1) is 15.9 Å². The molecule has 168 valence electrons. The molecule has 0 saturated carbocycles. The molecule has 0 spiro atoms. The summed E-state index contributed by atoms with van der Waals surface area (Å²) < 4.78 is 25.9.